The Kier molecular flexibility index (Phi) is 7.53. The van der Waals surface area contributed by atoms with E-state index in [2.05, 4.69) is 10.6 Å². The minimum Gasteiger partial charge on any atom is -0.493 e. The molecule has 2 rings (SSSR count). The second kappa shape index (κ2) is 9.88. The quantitative estimate of drug-likeness (QED) is 0.616. The van der Waals surface area contributed by atoms with Crippen LogP contribution in [0.4, 0.5) is 0 Å². The highest BCUT2D eigenvalue weighted by Gasteiger charge is 2.14. The molecule has 1 aliphatic rings. The van der Waals surface area contributed by atoms with Crippen molar-refractivity contribution in [2.75, 3.05) is 26.8 Å². The van der Waals surface area contributed by atoms with Crippen LogP contribution in [0, 0.1) is 5.92 Å². The second-order valence-electron chi connectivity index (χ2n) is 6.25. The third-order valence-corrected chi connectivity index (χ3v) is 4.33. The van der Waals surface area contributed by atoms with Crippen molar-refractivity contribution in [3.63, 3.8) is 0 Å². The SMILES string of the molecule is COc1cc(CNC(=O)CCC2CCNCC2)ccc1OCC(N)=O. The van der Waals surface area contributed by atoms with Gasteiger partial charge in [-0.2, -0.15) is 0 Å². The smallest absolute Gasteiger partial charge is 0.255 e. The molecule has 1 fully saturated rings. The molecule has 2 amide bonds. The fourth-order valence-corrected chi connectivity index (χ4v) is 2.88. The van der Waals surface area contributed by atoms with Gasteiger partial charge in [0.05, 0.1) is 7.11 Å². The predicted octanol–water partition coefficient (Wildman–Crippen LogP) is 0.955. The Hall–Kier alpha value is -2.28. The number of hydrogen-bond donors (Lipinski definition) is 3. The van der Waals surface area contributed by atoms with Crippen LogP contribution in [0.5, 0.6) is 11.5 Å². The summed E-state index contributed by atoms with van der Waals surface area (Å²) in [5.74, 6) is 1.11. The Morgan fingerprint density at radius 1 is 1.28 bits per heavy atom. The number of amides is 2. The van der Waals surface area contributed by atoms with Crippen LogP contribution in [0.1, 0.15) is 31.2 Å². The summed E-state index contributed by atoms with van der Waals surface area (Å²) in [5.41, 5.74) is 5.97. The summed E-state index contributed by atoms with van der Waals surface area (Å²) in [6.45, 7) is 2.33. The van der Waals surface area contributed by atoms with Gasteiger partial charge in [0, 0.05) is 13.0 Å². The number of carbonyl (C=O) groups is 2. The lowest BCUT2D eigenvalue weighted by molar-refractivity contribution is -0.121. The van der Waals surface area contributed by atoms with Gasteiger partial charge in [-0.25, -0.2) is 0 Å². The molecule has 1 aliphatic heterocycles. The molecule has 1 heterocycles. The summed E-state index contributed by atoms with van der Waals surface area (Å²) < 4.78 is 10.5. The number of methoxy groups -OCH3 is 1. The second-order valence-corrected chi connectivity index (χ2v) is 6.25. The van der Waals surface area contributed by atoms with E-state index >= 15 is 0 Å². The number of benzene rings is 1. The fraction of sp³-hybridized carbons (Fsp3) is 0.556. The van der Waals surface area contributed by atoms with Crippen LogP contribution in [-0.2, 0) is 16.1 Å². The maximum atomic E-state index is 12.0. The molecule has 7 heteroatoms. The van der Waals surface area contributed by atoms with Crippen molar-refractivity contribution in [2.45, 2.75) is 32.2 Å². The van der Waals surface area contributed by atoms with Gasteiger partial charge in [-0.1, -0.05) is 6.07 Å². The lowest BCUT2D eigenvalue weighted by atomic mass is 9.93. The summed E-state index contributed by atoms with van der Waals surface area (Å²) in [6, 6.07) is 5.31. The van der Waals surface area contributed by atoms with Crippen molar-refractivity contribution in [2.24, 2.45) is 11.7 Å². The average molecular weight is 349 g/mol. The number of primary amides is 1. The van der Waals surface area contributed by atoms with Gasteiger partial charge in [0.1, 0.15) is 0 Å². The number of rotatable bonds is 9. The number of nitrogens with two attached hydrogens (primary N) is 1. The van der Waals surface area contributed by atoms with Crippen molar-refractivity contribution in [1.29, 1.82) is 0 Å². The molecule has 0 atom stereocenters. The number of ether oxygens (including phenoxy) is 2. The van der Waals surface area contributed by atoms with Gasteiger partial charge in [0.15, 0.2) is 18.1 Å². The zero-order chi connectivity index (χ0) is 18.1. The average Bonchev–Trinajstić information content (AvgIpc) is 2.64. The van der Waals surface area contributed by atoms with Crippen molar-refractivity contribution < 1.29 is 19.1 Å². The van der Waals surface area contributed by atoms with Crippen LogP contribution >= 0.6 is 0 Å². The zero-order valence-electron chi connectivity index (χ0n) is 14.7. The monoisotopic (exact) mass is 349 g/mol. The van der Waals surface area contributed by atoms with E-state index in [1.807, 2.05) is 6.07 Å². The molecule has 0 bridgehead atoms. The Bertz CT molecular complexity index is 586. The van der Waals surface area contributed by atoms with Gasteiger partial charge in [-0.3, -0.25) is 9.59 Å². The molecule has 7 nitrogen and oxygen atoms in total. The Morgan fingerprint density at radius 3 is 2.72 bits per heavy atom. The van der Waals surface area contributed by atoms with Crippen LogP contribution < -0.4 is 25.8 Å². The molecule has 1 aromatic carbocycles. The summed E-state index contributed by atoms with van der Waals surface area (Å²) >= 11 is 0. The first-order valence-corrected chi connectivity index (χ1v) is 8.64. The van der Waals surface area contributed by atoms with E-state index in [1.165, 1.54) is 7.11 Å². The van der Waals surface area contributed by atoms with Gasteiger partial charge in [-0.15, -0.1) is 0 Å². The molecule has 0 aromatic heterocycles. The van der Waals surface area contributed by atoms with E-state index in [0.29, 0.717) is 30.4 Å². The standard InChI is InChI=1S/C18H27N3O4/c1-24-16-10-14(2-4-15(16)25-12-17(19)22)11-21-18(23)5-3-13-6-8-20-9-7-13/h2,4,10,13,20H,3,5-9,11-12H2,1H3,(H2,19,22)(H,21,23). The summed E-state index contributed by atoms with van der Waals surface area (Å²) in [7, 11) is 1.52. The van der Waals surface area contributed by atoms with Crippen LogP contribution in [0.3, 0.4) is 0 Å². The molecule has 1 saturated heterocycles. The van der Waals surface area contributed by atoms with Crippen LogP contribution in [0.25, 0.3) is 0 Å². The van der Waals surface area contributed by atoms with E-state index in [-0.39, 0.29) is 12.5 Å². The lowest BCUT2D eigenvalue weighted by Crippen LogP contribution is -2.29. The molecule has 0 saturated carbocycles. The molecule has 0 spiro atoms. The Morgan fingerprint density at radius 2 is 2.04 bits per heavy atom. The van der Waals surface area contributed by atoms with Gasteiger partial charge in [0.2, 0.25) is 5.91 Å². The third-order valence-electron chi connectivity index (χ3n) is 4.33. The topological polar surface area (TPSA) is 103 Å². The van der Waals surface area contributed by atoms with Gasteiger partial charge >= 0.3 is 0 Å². The molecule has 138 valence electrons. The largest absolute Gasteiger partial charge is 0.493 e. The van der Waals surface area contributed by atoms with E-state index in [4.69, 9.17) is 15.2 Å². The number of piperidine rings is 1. The molecule has 0 unspecified atom stereocenters. The molecule has 0 radical (unpaired) electrons. The Balaban J connectivity index is 1.79. The maximum absolute atomic E-state index is 12.0. The summed E-state index contributed by atoms with van der Waals surface area (Å²) in [4.78, 5) is 22.8. The maximum Gasteiger partial charge on any atom is 0.255 e. The number of hydrogen-bond acceptors (Lipinski definition) is 5. The first kappa shape index (κ1) is 19.1. The lowest BCUT2D eigenvalue weighted by Gasteiger charge is -2.22. The number of carbonyl (C=O) groups excluding carboxylic acids is 2. The van der Waals surface area contributed by atoms with Gasteiger partial charge in [0.25, 0.3) is 5.91 Å². The van der Waals surface area contributed by atoms with E-state index in [1.54, 1.807) is 12.1 Å². The molecule has 4 N–H and O–H groups in total. The van der Waals surface area contributed by atoms with Crippen molar-refractivity contribution in [3.05, 3.63) is 23.8 Å². The van der Waals surface area contributed by atoms with Crippen LogP contribution in [-0.4, -0.2) is 38.6 Å². The molecular formula is C18H27N3O4. The van der Waals surface area contributed by atoms with E-state index < -0.39 is 5.91 Å². The van der Waals surface area contributed by atoms with Crippen LogP contribution in [0.2, 0.25) is 0 Å². The molecular weight excluding hydrogens is 322 g/mol. The van der Waals surface area contributed by atoms with Crippen molar-refractivity contribution in [3.8, 4) is 11.5 Å². The highest BCUT2D eigenvalue weighted by Crippen LogP contribution is 2.28. The molecule has 1 aromatic rings. The fourth-order valence-electron chi connectivity index (χ4n) is 2.88. The van der Waals surface area contributed by atoms with Gasteiger partial charge < -0.3 is 25.8 Å². The normalized spacial score (nSPS) is 14.8. The van der Waals surface area contributed by atoms with Crippen molar-refractivity contribution in [1.82, 2.24) is 10.6 Å². The zero-order valence-corrected chi connectivity index (χ0v) is 14.7. The predicted molar refractivity (Wildman–Crippen MR) is 94.4 cm³/mol. The summed E-state index contributed by atoms with van der Waals surface area (Å²) in [5, 5.41) is 6.27. The summed E-state index contributed by atoms with van der Waals surface area (Å²) in [6.07, 6.45) is 3.80. The minimum absolute atomic E-state index is 0.0616. The number of nitrogens with one attached hydrogen (secondary N) is 2. The molecule has 25 heavy (non-hydrogen) atoms. The third kappa shape index (κ3) is 6.62. The van der Waals surface area contributed by atoms with E-state index in [0.717, 1.165) is 37.9 Å². The van der Waals surface area contributed by atoms with Crippen LogP contribution in [0.15, 0.2) is 18.2 Å². The van der Waals surface area contributed by atoms with E-state index in [9.17, 15) is 9.59 Å². The minimum atomic E-state index is -0.549. The highest BCUT2D eigenvalue weighted by molar-refractivity contribution is 5.76. The Labute approximate surface area is 148 Å². The highest BCUT2D eigenvalue weighted by atomic mass is 16.5. The first-order valence-electron chi connectivity index (χ1n) is 8.64. The van der Waals surface area contributed by atoms with Gasteiger partial charge in [-0.05, 0) is 56.0 Å². The molecule has 0 aliphatic carbocycles. The first-order chi connectivity index (χ1) is 12.1. The van der Waals surface area contributed by atoms with Crippen molar-refractivity contribution >= 4 is 11.8 Å².